The number of fused-ring (bicyclic) bond motifs is 1. The Morgan fingerprint density at radius 2 is 2.31 bits per heavy atom. The Bertz CT molecular complexity index is 399. The first-order valence-electron chi connectivity index (χ1n) is 5.57. The molecule has 5 nitrogen and oxygen atoms in total. The molecule has 5 heteroatoms. The van der Waals surface area contributed by atoms with Crippen molar-refractivity contribution in [1.29, 1.82) is 0 Å². The maximum absolute atomic E-state index is 10.9. The summed E-state index contributed by atoms with van der Waals surface area (Å²) in [5.74, 6) is 0.164. The van der Waals surface area contributed by atoms with E-state index in [-0.39, 0.29) is 12.3 Å². The van der Waals surface area contributed by atoms with Crippen molar-refractivity contribution in [1.82, 2.24) is 15.3 Å². The van der Waals surface area contributed by atoms with Gasteiger partial charge in [0.15, 0.2) is 0 Å². The Labute approximate surface area is 94.5 Å². The van der Waals surface area contributed by atoms with Gasteiger partial charge >= 0.3 is 0 Å². The van der Waals surface area contributed by atoms with Crippen molar-refractivity contribution in [3.63, 3.8) is 0 Å². The molecule has 0 spiro atoms. The van der Waals surface area contributed by atoms with Gasteiger partial charge in [0, 0.05) is 12.2 Å². The summed E-state index contributed by atoms with van der Waals surface area (Å²) >= 11 is 0. The van der Waals surface area contributed by atoms with Gasteiger partial charge in [0.2, 0.25) is 5.91 Å². The Kier molecular flexibility index (Phi) is 3.14. The van der Waals surface area contributed by atoms with Crippen molar-refractivity contribution in [2.24, 2.45) is 5.73 Å². The lowest BCUT2D eigenvalue weighted by Gasteiger charge is -2.19. The van der Waals surface area contributed by atoms with Gasteiger partial charge < -0.3 is 11.1 Å². The highest BCUT2D eigenvalue weighted by Gasteiger charge is 2.16. The zero-order valence-electron chi connectivity index (χ0n) is 9.42. The second-order valence-electron chi connectivity index (χ2n) is 3.94. The number of hydrogen-bond donors (Lipinski definition) is 2. The number of primary amides is 1. The first kappa shape index (κ1) is 11.0. The molecule has 16 heavy (non-hydrogen) atoms. The van der Waals surface area contributed by atoms with E-state index in [1.807, 2.05) is 0 Å². The molecule has 0 saturated carbocycles. The van der Waals surface area contributed by atoms with E-state index in [1.165, 1.54) is 5.56 Å². The third kappa shape index (κ3) is 2.19. The number of aromatic nitrogens is 2. The molecule has 0 radical (unpaired) electrons. The molecule has 2 heterocycles. The SMILES string of the molecule is CCc1nc(CC(N)=O)nc2c1CCNC2. The third-order valence-electron chi connectivity index (χ3n) is 2.74. The highest BCUT2D eigenvalue weighted by atomic mass is 16.1. The van der Waals surface area contributed by atoms with Crippen LogP contribution in [0.1, 0.15) is 29.7 Å². The van der Waals surface area contributed by atoms with Crippen molar-refractivity contribution in [2.45, 2.75) is 32.7 Å². The fraction of sp³-hybridized carbons (Fsp3) is 0.545. The quantitative estimate of drug-likeness (QED) is 0.733. The van der Waals surface area contributed by atoms with E-state index in [0.29, 0.717) is 5.82 Å². The lowest BCUT2D eigenvalue weighted by molar-refractivity contribution is -0.117. The van der Waals surface area contributed by atoms with Gasteiger partial charge in [-0.15, -0.1) is 0 Å². The molecular weight excluding hydrogens is 204 g/mol. The third-order valence-corrected chi connectivity index (χ3v) is 2.74. The number of aryl methyl sites for hydroxylation is 1. The van der Waals surface area contributed by atoms with E-state index in [1.54, 1.807) is 0 Å². The molecule has 0 fully saturated rings. The van der Waals surface area contributed by atoms with Gasteiger partial charge in [-0.05, 0) is 24.9 Å². The molecule has 0 saturated heterocycles. The molecular formula is C11H16N4O. The van der Waals surface area contributed by atoms with Crippen LogP contribution >= 0.6 is 0 Å². The molecule has 0 aromatic carbocycles. The van der Waals surface area contributed by atoms with Crippen LogP contribution < -0.4 is 11.1 Å². The fourth-order valence-corrected chi connectivity index (χ4v) is 2.02. The number of carbonyl (C=O) groups excluding carboxylic acids is 1. The minimum absolute atomic E-state index is 0.125. The Morgan fingerprint density at radius 1 is 1.50 bits per heavy atom. The molecule has 0 unspecified atom stereocenters. The number of rotatable bonds is 3. The highest BCUT2D eigenvalue weighted by molar-refractivity contribution is 5.75. The summed E-state index contributed by atoms with van der Waals surface area (Å²) < 4.78 is 0. The topological polar surface area (TPSA) is 80.9 Å². The average molecular weight is 220 g/mol. The highest BCUT2D eigenvalue weighted by Crippen LogP contribution is 2.16. The summed E-state index contributed by atoms with van der Waals surface area (Å²) in [6, 6.07) is 0. The maximum Gasteiger partial charge on any atom is 0.225 e. The van der Waals surface area contributed by atoms with Crippen molar-refractivity contribution >= 4 is 5.91 Å². The van der Waals surface area contributed by atoms with Gasteiger partial charge in [-0.3, -0.25) is 4.79 Å². The van der Waals surface area contributed by atoms with Gasteiger partial charge in [-0.25, -0.2) is 9.97 Å². The molecule has 86 valence electrons. The number of hydrogen-bond acceptors (Lipinski definition) is 4. The van der Waals surface area contributed by atoms with Crippen molar-refractivity contribution in [2.75, 3.05) is 6.54 Å². The van der Waals surface area contributed by atoms with Gasteiger partial charge in [-0.1, -0.05) is 6.92 Å². The molecule has 1 amide bonds. The molecule has 2 rings (SSSR count). The van der Waals surface area contributed by atoms with Crippen LogP contribution in [0.5, 0.6) is 0 Å². The molecule has 1 aliphatic heterocycles. The van der Waals surface area contributed by atoms with E-state index in [4.69, 9.17) is 5.73 Å². The van der Waals surface area contributed by atoms with E-state index in [9.17, 15) is 4.79 Å². The Hall–Kier alpha value is -1.49. The Morgan fingerprint density at radius 3 is 3.00 bits per heavy atom. The largest absolute Gasteiger partial charge is 0.369 e. The van der Waals surface area contributed by atoms with Crippen molar-refractivity contribution in [3.8, 4) is 0 Å². The fourth-order valence-electron chi connectivity index (χ4n) is 2.02. The molecule has 1 aliphatic rings. The summed E-state index contributed by atoms with van der Waals surface area (Å²) in [5.41, 5.74) is 8.48. The molecule has 0 atom stereocenters. The summed E-state index contributed by atoms with van der Waals surface area (Å²) in [7, 11) is 0. The molecule has 1 aromatic rings. The number of nitrogens with two attached hydrogens (primary N) is 1. The van der Waals surface area contributed by atoms with Gasteiger partial charge in [0.1, 0.15) is 5.82 Å². The van der Waals surface area contributed by atoms with Crippen LogP contribution in [-0.4, -0.2) is 22.4 Å². The van der Waals surface area contributed by atoms with Gasteiger partial charge in [0.05, 0.1) is 12.1 Å². The van der Waals surface area contributed by atoms with E-state index < -0.39 is 0 Å². The van der Waals surface area contributed by atoms with Crippen LogP contribution in [0.25, 0.3) is 0 Å². The van der Waals surface area contributed by atoms with E-state index in [0.717, 1.165) is 37.3 Å². The van der Waals surface area contributed by atoms with E-state index in [2.05, 4.69) is 22.2 Å². The Balaban J connectivity index is 2.39. The lowest BCUT2D eigenvalue weighted by atomic mass is 10.0. The predicted molar refractivity (Wildman–Crippen MR) is 59.7 cm³/mol. The zero-order chi connectivity index (χ0) is 11.5. The summed E-state index contributed by atoms with van der Waals surface area (Å²) in [6.45, 7) is 3.80. The number of nitrogens with one attached hydrogen (secondary N) is 1. The second-order valence-corrected chi connectivity index (χ2v) is 3.94. The van der Waals surface area contributed by atoms with Gasteiger partial charge in [-0.2, -0.15) is 0 Å². The van der Waals surface area contributed by atoms with Crippen LogP contribution in [-0.2, 0) is 30.6 Å². The molecule has 0 aliphatic carbocycles. The summed E-state index contributed by atoms with van der Waals surface area (Å²) in [4.78, 5) is 19.7. The first-order valence-corrected chi connectivity index (χ1v) is 5.57. The zero-order valence-corrected chi connectivity index (χ0v) is 9.42. The summed E-state index contributed by atoms with van der Waals surface area (Å²) in [5, 5.41) is 3.27. The predicted octanol–water partition coefficient (Wildman–Crippen LogP) is -0.287. The normalized spacial score (nSPS) is 14.6. The van der Waals surface area contributed by atoms with Crippen LogP contribution in [0, 0.1) is 0 Å². The minimum atomic E-state index is -0.384. The summed E-state index contributed by atoms with van der Waals surface area (Å²) in [6.07, 6.45) is 1.96. The number of carbonyl (C=O) groups is 1. The van der Waals surface area contributed by atoms with Crippen LogP contribution in [0.2, 0.25) is 0 Å². The molecule has 0 bridgehead atoms. The monoisotopic (exact) mass is 220 g/mol. The van der Waals surface area contributed by atoms with Crippen molar-refractivity contribution < 1.29 is 4.79 Å². The molecule has 1 aromatic heterocycles. The average Bonchev–Trinajstić information content (AvgIpc) is 2.27. The molecule has 3 N–H and O–H groups in total. The van der Waals surface area contributed by atoms with Crippen LogP contribution in [0.4, 0.5) is 0 Å². The van der Waals surface area contributed by atoms with Crippen LogP contribution in [0.3, 0.4) is 0 Å². The smallest absolute Gasteiger partial charge is 0.225 e. The number of nitrogens with zero attached hydrogens (tertiary/aromatic N) is 2. The van der Waals surface area contributed by atoms with Crippen LogP contribution in [0.15, 0.2) is 0 Å². The second kappa shape index (κ2) is 4.57. The standard InChI is InChI=1S/C11H16N4O/c1-2-8-7-3-4-13-6-9(7)15-11(14-8)5-10(12)16/h13H,2-6H2,1H3,(H2,12,16). The maximum atomic E-state index is 10.9. The van der Waals surface area contributed by atoms with Crippen molar-refractivity contribution in [3.05, 3.63) is 22.8 Å². The first-order chi connectivity index (χ1) is 7.70. The minimum Gasteiger partial charge on any atom is -0.369 e. The lowest BCUT2D eigenvalue weighted by Crippen LogP contribution is -2.28. The van der Waals surface area contributed by atoms with E-state index >= 15 is 0 Å². The number of amides is 1. The van der Waals surface area contributed by atoms with Gasteiger partial charge in [0.25, 0.3) is 0 Å².